The van der Waals surface area contributed by atoms with Gasteiger partial charge in [0.15, 0.2) is 12.2 Å². The number of carbonyl (C=O) groups excluding carboxylic acids is 4. The van der Waals surface area contributed by atoms with E-state index < -0.39 is 54.1 Å². The Hall–Kier alpha value is -4.13. The average molecular weight is 643 g/mol. The molecular formula is C33H35FO10S. The maximum absolute atomic E-state index is 13.4. The standard InChI is InChI=1S/C33H35FO10S/c1-18-7-10-25(15-24(18)16-27-13-14-29(45-27)23-8-11-26(34)12-9-23)33(39-6)32(43-22(5)38)31(42-21(4)37)30(41-20(3)36)28(44-33)17-40-19(2)35/h7-15,28,30-32H,16-17H2,1-6H3/t28?,30-,31+,32-,33?/m1/s1. The molecule has 1 saturated heterocycles. The van der Waals surface area contributed by atoms with Crippen molar-refractivity contribution < 1.29 is 52.0 Å². The van der Waals surface area contributed by atoms with Crippen LogP contribution in [0.25, 0.3) is 10.4 Å². The third-order valence-corrected chi connectivity index (χ3v) is 8.38. The Bertz CT molecular complexity index is 1550. The lowest BCUT2D eigenvalue weighted by molar-refractivity contribution is -0.367. The van der Waals surface area contributed by atoms with Gasteiger partial charge in [0.05, 0.1) is 0 Å². The number of ether oxygens (including phenoxy) is 6. The Morgan fingerprint density at radius 1 is 0.844 bits per heavy atom. The van der Waals surface area contributed by atoms with Crippen molar-refractivity contribution in [1.82, 2.24) is 0 Å². The zero-order chi connectivity index (χ0) is 32.9. The molecule has 5 atom stereocenters. The van der Waals surface area contributed by atoms with Gasteiger partial charge in [0.1, 0.15) is 18.5 Å². The molecule has 0 amide bonds. The minimum atomic E-state index is -1.88. The summed E-state index contributed by atoms with van der Waals surface area (Å²) in [5.74, 6) is -5.02. The second-order valence-electron chi connectivity index (χ2n) is 10.6. The van der Waals surface area contributed by atoms with Gasteiger partial charge in [-0.25, -0.2) is 4.39 Å². The molecule has 1 aliphatic heterocycles. The van der Waals surface area contributed by atoms with Gasteiger partial charge in [0, 0.05) is 56.5 Å². The summed E-state index contributed by atoms with van der Waals surface area (Å²) in [6.45, 7) is 6.25. The van der Waals surface area contributed by atoms with Crippen LogP contribution in [0, 0.1) is 12.7 Å². The average Bonchev–Trinajstić information content (AvgIpc) is 3.43. The maximum atomic E-state index is 13.4. The molecule has 240 valence electrons. The molecule has 2 aromatic carbocycles. The first-order valence-electron chi connectivity index (χ1n) is 14.2. The van der Waals surface area contributed by atoms with Crippen LogP contribution in [0.5, 0.6) is 0 Å². The summed E-state index contributed by atoms with van der Waals surface area (Å²) in [6, 6.07) is 15.7. The number of rotatable bonds is 10. The molecule has 45 heavy (non-hydrogen) atoms. The number of thiophene rings is 1. The summed E-state index contributed by atoms with van der Waals surface area (Å²) in [5.41, 5.74) is 3.16. The van der Waals surface area contributed by atoms with E-state index in [1.54, 1.807) is 29.5 Å². The van der Waals surface area contributed by atoms with Crippen molar-refractivity contribution in [2.75, 3.05) is 13.7 Å². The van der Waals surface area contributed by atoms with Crippen molar-refractivity contribution >= 4 is 35.2 Å². The minimum Gasteiger partial charge on any atom is -0.463 e. The molecular weight excluding hydrogens is 607 g/mol. The number of benzene rings is 2. The lowest BCUT2D eigenvalue weighted by atomic mass is 9.85. The highest BCUT2D eigenvalue weighted by molar-refractivity contribution is 7.15. The van der Waals surface area contributed by atoms with Crippen LogP contribution in [0.1, 0.15) is 49.3 Å². The molecule has 12 heteroatoms. The van der Waals surface area contributed by atoms with Crippen LogP contribution in [0.2, 0.25) is 0 Å². The van der Waals surface area contributed by atoms with Gasteiger partial charge in [0.25, 0.3) is 0 Å². The van der Waals surface area contributed by atoms with Crippen molar-refractivity contribution in [2.45, 2.75) is 71.2 Å². The topological polar surface area (TPSA) is 124 Å². The monoisotopic (exact) mass is 642 g/mol. The van der Waals surface area contributed by atoms with Crippen molar-refractivity contribution in [1.29, 1.82) is 0 Å². The molecule has 0 N–H and O–H groups in total. The Labute approximate surface area is 264 Å². The summed E-state index contributed by atoms with van der Waals surface area (Å²) in [5, 5.41) is 0. The maximum Gasteiger partial charge on any atom is 0.303 e. The van der Waals surface area contributed by atoms with Crippen molar-refractivity contribution in [3.63, 3.8) is 0 Å². The lowest BCUT2D eigenvalue weighted by Gasteiger charge is -2.50. The van der Waals surface area contributed by atoms with Crippen molar-refractivity contribution in [3.8, 4) is 10.4 Å². The largest absolute Gasteiger partial charge is 0.463 e. The number of hydrogen-bond acceptors (Lipinski definition) is 11. The summed E-state index contributed by atoms with van der Waals surface area (Å²) >= 11 is 1.56. The van der Waals surface area contributed by atoms with Crippen LogP contribution in [0.4, 0.5) is 4.39 Å². The summed E-state index contributed by atoms with van der Waals surface area (Å²) in [7, 11) is 1.34. The third kappa shape index (κ3) is 7.94. The molecule has 2 heterocycles. The normalized spacial score (nSPS) is 22.7. The molecule has 1 fully saturated rings. The fourth-order valence-electron chi connectivity index (χ4n) is 5.29. The van der Waals surface area contributed by atoms with E-state index in [9.17, 15) is 23.6 Å². The fourth-order valence-corrected chi connectivity index (χ4v) is 6.33. The molecule has 3 aromatic rings. The number of methoxy groups -OCH3 is 1. The summed E-state index contributed by atoms with van der Waals surface area (Å²) in [6.07, 6.45) is -4.83. The smallest absolute Gasteiger partial charge is 0.303 e. The van der Waals surface area contributed by atoms with Gasteiger partial charge in [0.2, 0.25) is 11.9 Å². The van der Waals surface area contributed by atoms with E-state index in [2.05, 4.69) is 0 Å². The molecule has 0 spiro atoms. The third-order valence-electron chi connectivity index (χ3n) is 7.25. The van der Waals surface area contributed by atoms with Crippen LogP contribution >= 0.6 is 11.3 Å². The number of carbonyl (C=O) groups is 4. The Morgan fingerprint density at radius 2 is 1.49 bits per heavy atom. The number of aryl methyl sites for hydroxylation is 1. The Kier molecular flexibility index (Phi) is 10.7. The first-order valence-corrected chi connectivity index (χ1v) is 15.0. The number of esters is 4. The molecule has 0 aliphatic carbocycles. The molecule has 1 aromatic heterocycles. The molecule has 0 saturated carbocycles. The van der Waals surface area contributed by atoms with Crippen LogP contribution in [0.3, 0.4) is 0 Å². The second kappa shape index (κ2) is 14.3. The first kappa shape index (κ1) is 33.8. The Balaban J connectivity index is 1.79. The highest BCUT2D eigenvalue weighted by Gasteiger charge is 2.61. The van der Waals surface area contributed by atoms with Gasteiger partial charge in [-0.2, -0.15) is 0 Å². The van der Waals surface area contributed by atoms with E-state index in [4.69, 9.17) is 28.4 Å². The molecule has 1 aliphatic rings. The Morgan fingerprint density at radius 3 is 2.09 bits per heavy atom. The zero-order valence-electron chi connectivity index (χ0n) is 25.8. The molecule has 10 nitrogen and oxygen atoms in total. The molecule has 0 radical (unpaired) electrons. The quantitative estimate of drug-likeness (QED) is 0.220. The summed E-state index contributed by atoms with van der Waals surface area (Å²) in [4.78, 5) is 50.7. The van der Waals surface area contributed by atoms with Gasteiger partial charge < -0.3 is 28.4 Å². The first-order chi connectivity index (χ1) is 21.3. The van der Waals surface area contributed by atoms with Crippen molar-refractivity contribution in [2.24, 2.45) is 0 Å². The zero-order valence-corrected chi connectivity index (χ0v) is 26.6. The highest BCUT2D eigenvalue weighted by Crippen LogP contribution is 2.44. The summed E-state index contributed by atoms with van der Waals surface area (Å²) < 4.78 is 47.9. The van der Waals surface area contributed by atoms with E-state index in [-0.39, 0.29) is 12.4 Å². The number of hydrogen-bond donors (Lipinski definition) is 0. The van der Waals surface area contributed by atoms with Crippen LogP contribution < -0.4 is 0 Å². The van der Waals surface area contributed by atoms with E-state index in [0.29, 0.717) is 12.0 Å². The van der Waals surface area contributed by atoms with Gasteiger partial charge in [-0.1, -0.05) is 24.3 Å². The predicted molar refractivity (Wildman–Crippen MR) is 161 cm³/mol. The second-order valence-corrected chi connectivity index (χ2v) is 11.8. The van der Waals surface area contributed by atoms with Crippen LogP contribution in [-0.2, 0) is 59.8 Å². The van der Waals surface area contributed by atoms with Crippen molar-refractivity contribution in [3.05, 3.63) is 82.0 Å². The molecule has 4 rings (SSSR count). The fraction of sp³-hybridized carbons (Fsp3) is 0.394. The van der Waals surface area contributed by atoms with E-state index >= 15 is 0 Å². The van der Waals surface area contributed by atoms with Gasteiger partial charge >= 0.3 is 23.9 Å². The molecule has 2 unspecified atom stereocenters. The lowest BCUT2D eigenvalue weighted by Crippen LogP contribution is -2.67. The SMILES string of the molecule is COC1(c2ccc(C)c(Cc3ccc(-c4ccc(F)cc4)s3)c2)OC(COC(C)=O)[C@@H](OC(C)=O)[C@H](OC(C)=O)[C@H]1OC(C)=O. The van der Waals surface area contributed by atoms with E-state index in [1.807, 2.05) is 31.2 Å². The molecule has 0 bridgehead atoms. The number of halogens is 1. The van der Waals surface area contributed by atoms with Gasteiger partial charge in [-0.15, -0.1) is 11.3 Å². The van der Waals surface area contributed by atoms with Crippen LogP contribution in [-0.4, -0.2) is 62.0 Å². The van der Waals surface area contributed by atoms with E-state index in [1.165, 1.54) is 33.1 Å². The van der Waals surface area contributed by atoms with Gasteiger partial charge in [-0.05, 0) is 53.9 Å². The van der Waals surface area contributed by atoms with Gasteiger partial charge in [-0.3, -0.25) is 19.2 Å². The predicted octanol–water partition coefficient (Wildman–Crippen LogP) is 5.01. The van der Waals surface area contributed by atoms with E-state index in [0.717, 1.165) is 40.3 Å². The highest BCUT2D eigenvalue weighted by atomic mass is 32.1. The van der Waals surface area contributed by atoms with Crippen LogP contribution in [0.15, 0.2) is 54.6 Å². The minimum absolute atomic E-state index is 0.308.